The molecule has 1 fully saturated rings. The van der Waals surface area contributed by atoms with Gasteiger partial charge in [-0.25, -0.2) is 0 Å². The molecule has 1 saturated carbocycles. The highest BCUT2D eigenvalue weighted by atomic mass is 16.4. The molecule has 0 heterocycles. The molecule has 0 aromatic carbocycles. The third-order valence-corrected chi connectivity index (χ3v) is 3.83. The van der Waals surface area contributed by atoms with Crippen LogP contribution in [0.5, 0.6) is 0 Å². The molecular formula is C14H25NO3. The molecule has 1 unspecified atom stereocenters. The van der Waals surface area contributed by atoms with E-state index >= 15 is 0 Å². The fourth-order valence-electron chi connectivity index (χ4n) is 2.93. The van der Waals surface area contributed by atoms with Gasteiger partial charge in [-0.1, -0.05) is 39.0 Å². The summed E-state index contributed by atoms with van der Waals surface area (Å²) in [5.74, 6) is -0.251. The van der Waals surface area contributed by atoms with Gasteiger partial charge in [-0.05, 0) is 18.8 Å². The average Bonchev–Trinajstić information content (AvgIpc) is 2.79. The van der Waals surface area contributed by atoms with Crippen LogP contribution in [-0.2, 0) is 9.59 Å². The molecule has 1 amide bonds. The van der Waals surface area contributed by atoms with Crippen LogP contribution in [-0.4, -0.2) is 35.5 Å². The van der Waals surface area contributed by atoms with Crippen molar-refractivity contribution in [2.75, 3.05) is 13.6 Å². The number of carboxylic acids is 1. The number of rotatable bonds is 7. The molecule has 0 aromatic heterocycles. The molecule has 1 N–H and O–H groups in total. The molecule has 0 bridgehead atoms. The molecule has 4 nitrogen and oxygen atoms in total. The van der Waals surface area contributed by atoms with Gasteiger partial charge in [0.05, 0.1) is 0 Å². The van der Waals surface area contributed by atoms with Crippen LogP contribution >= 0.6 is 0 Å². The maximum absolute atomic E-state index is 12.2. The number of nitrogens with zero attached hydrogens (tertiary/aromatic N) is 1. The smallest absolute Gasteiger partial charge is 0.323 e. The maximum Gasteiger partial charge on any atom is 0.323 e. The highest BCUT2D eigenvalue weighted by Crippen LogP contribution is 2.32. The van der Waals surface area contributed by atoms with E-state index in [0.29, 0.717) is 5.92 Å². The van der Waals surface area contributed by atoms with Crippen molar-refractivity contribution in [1.82, 2.24) is 4.90 Å². The van der Waals surface area contributed by atoms with Crippen molar-refractivity contribution in [3.8, 4) is 0 Å². The maximum atomic E-state index is 12.2. The lowest BCUT2D eigenvalue weighted by molar-refractivity contribution is -0.145. The number of aliphatic carboxylic acids is 1. The van der Waals surface area contributed by atoms with Gasteiger partial charge in [0.2, 0.25) is 5.91 Å². The molecule has 0 aliphatic heterocycles. The molecule has 1 aliphatic rings. The van der Waals surface area contributed by atoms with Crippen LogP contribution in [0.3, 0.4) is 0 Å². The van der Waals surface area contributed by atoms with Gasteiger partial charge in [-0.3, -0.25) is 9.59 Å². The van der Waals surface area contributed by atoms with E-state index in [9.17, 15) is 9.59 Å². The second-order valence-electron chi connectivity index (χ2n) is 5.46. The van der Waals surface area contributed by atoms with E-state index in [1.54, 1.807) is 7.05 Å². The quantitative estimate of drug-likeness (QED) is 0.760. The summed E-state index contributed by atoms with van der Waals surface area (Å²) in [5, 5.41) is 8.73. The van der Waals surface area contributed by atoms with Crippen LogP contribution in [0.25, 0.3) is 0 Å². The average molecular weight is 255 g/mol. The van der Waals surface area contributed by atoms with Crippen molar-refractivity contribution < 1.29 is 14.7 Å². The number of amides is 1. The van der Waals surface area contributed by atoms with Gasteiger partial charge in [0.25, 0.3) is 0 Å². The van der Waals surface area contributed by atoms with Crippen LogP contribution in [0.15, 0.2) is 0 Å². The molecule has 18 heavy (non-hydrogen) atoms. The van der Waals surface area contributed by atoms with Crippen molar-refractivity contribution >= 4 is 11.9 Å². The summed E-state index contributed by atoms with van der Waals surface area (Å²) < 4.78 is 0. The highest BCUT2D eigenvalue weighted by molar-refractivity contribution is 5.82. The largest absolute Gasteiger partial charge is 0.480 e. The Labute approximate surface area is 109 Å². The Morgan fingerprint density at radius 2 is 1.94 bits per heavy atom. The number of carbonyl (C=O) groups is 2. The van der Waals surface area contributed by atoms with Crippen LogP contribution in [0.1, 0.15) is 51.9 Å². The minimum atomic E-state index is -0.943. The van der Waals surface area contributed by atoms with Gasteiger partial charge in [-0.2, -0.15) is 0 Å². The SMILES string of the molecule is CCCC(CC1CCCC1)C(=O)N(C)CC(=O)O. The molecular weight excluding hydrogens is 230 g/mol. The van der Waals surface area contributed by atoms with Crippen LogP contribution in [0.4, 0.5) is 0 Å². The van der Waals surface area contributed by atoms with Gasteiger partial charge in [0.15, 0.2) is 0 Å². The molecule has 0 spiro atoms. The first-order valence-corrected chi connectivity index (χ1v) is 7.01. The number of likely N-dealkylation sites (N-methyl/N-ethyl adjacent to an activating group) is 1. The lowest BCUT2D eigenvalue weighted by atomic mass is 9.89. The Balaban J connectivity index is 2.52. The summed E-state index contributed by atoms with van der Waals surface area (Å²) in [6, 6.07) is 0. The molecule has 1 rings (SSSR count). The van der Waals surface area contributed by atoms with Gasteiger partial charge in [0, 0.05) is 13.0 Å². The first-order chi connectivity index (χ1) is 8.54. The van der Waals surface area contributed by atoms with Crippen molar-refractivity contribution in [1.29, 1.82) is 0 Å². The van der Waals surface area contributed by atoms with E-state index in [2.05, 4.69) is 6.92 Å². The Morgan fingerprint density at radius 3 is 2.44 bits per heavy atom. The van der Waals surface area contributed by atoms with E-state index in [4.69, 9.17) is 5.11 Å². The number of carbonyl (C=O) groups excluding carboxylic acids is 1. The van der Waals surface area contributed by atoms with Crippen molar-refractivity contribution in [3.05, 3.63) is 0 Å². The predicted octanol–water partition coefficient (Wildman–Crippen LogP) is 2.53. The molecule has 0 saturated heterocycles. The molecule has 0 radical (unpaired) electrons. The molecule has 1 atom stereocenters. The number of hydrogen-bond acceptors (Lipinski definition) is 2. The molecule has 1 aliphatic carbocycles. The van der Waals surface area contributed by atoms with E-state index in [-0.39, 0.29) is 18.4 Å². The Bertz CT molecular complexity index is 285. The Morgan fingerprint density at radius 1 is 1.33 bits per heavy atom. The topological polar surface area (TPSA) is 57.6 Å². The van der Waals surface area contributed by atoms with Gasteiger partial charge in [0.1, 0.15) is 6.54 Å². The fraction of sp³-hybridized carbons (Fsp3) is 0.857. The second-order valence-corrected chi connectivity index (χ2v) is 5.46. The van der Waals surface area contributed by atoms with Crippen molar-refractivity contribution in [3.63, 3.8) is 0 Å². The lowest BCUT2D eigenvalue weighted by Crippen LogP contribution is -2.37. The lowest BCUT2D eigenvalue weighted by Gasteiger charge is -2.24. The molecule has 4 heteroatoms. The van der Waals surface area contributed by atoms with E-state index in [0.717, 1.165) is 19.3 Å². The van der Waals surface area contributed by atoms with Crippen LogP contribution in [0.2, 0.25) is 0 Å². The zero-order chi connectivity index (χ0) is 13.5. The van der Waals surface area contributed by atoms with E-state index in [1.165, 1.54) is 30.6 Å². The van der Waals surface area contributed by atoms with Gasteiger partial charge < -0.3 is 10.0 Å². The number of carboxylic acid groups (broad SMARTS) is 1. The first-order valence-electron chi connectivity index (χ1n) is 7.01. The van der Waals surface area contributed by atoms with Crippen LogP contribution in [0, 0.1) is 11.8 Å². The minimum Gasteiger partial charge on any atom is -0.480 e. The summed E-state index contributed by atoms with van der Waals surface area (Å²) in [6.07, 6.45) is 7.82. The zero-order valence-electron chi connectivity index (χ0n) is 11.5. The third kappa shape index (κ3) is 4.67. The summed E-state index contributed by atoms with van der Waals surface area (Å²) >= 11 is 0. The summed E-state index contributed by atoms with van der Waals surface area (Å²) in [4.78, 5) is 24.2. The third-order valence-electron chi connectivity index (χ3n) is 3.83. The monoisotopic (exact) mass is 255 g/mol. The van der Waals surface area contributed by atoms with E-state index in [1.807, 2.05) is 0 Å². The summed E-state index contributed by atoms with van der Waals surface area (Å²) in [6.45, 7) is 1.88. The molecule has 0 aromatic rings. The summed E-state index contributed by atoms with van der Waals surface area (Å²) in [7, 11) is 1.59. The number of hydrogen-bond donors (Lipinski definition) is 1. The van der Waals surface area contributed by atoms with Crippen molar-refractivity contribution in [2.45, 2.75) is 51.9 Å². The molecule has 104 valence electrons. The van der Waals surface area contributed by atoms with Crippen LogP contribution < -0.4 is 0 Å². The first kappa shape index (κ1) is 15.0. The minimum absolute atomic E-state index is 0.00569. The van der Waals surface area contributed by atoms with Gasteiger partial charge in [-0.15, -0.1) is 0 Å². The predicted molar refractivity (Wildman–Crippen MR) is 70.2 cm³/mol. The summed E-state index contributed by atoms with van der Waals surface area (Å²) in [5.41, 5.74) is 0. The Hall–Kier alpha value is -1.06. The zero-order valence-corrected chi connectivity index (χ0v) is 11.5. The van der Waals surface area contributed by atoms with Crippen molar-refractivity contribution in [2.24, 2.45) is 11.8 Å². The fourth-order valence-corrected chi connectivity index (χ4v) is 2.93. The normalized spacial score (nSPS) is 17.7. The standard InChI is InChI=1S/C14H25NO3/c1-3-6-12(9-11-7-4-5-8-11)14(18)15(2)10-13(16)17/h11-12H,3-10H2,1-2H3,(H,16,17). The van der Waals surface area contributed by atoms with Gasteiger partial charge >= 0.3 is 5.97 Å². The highest BCUT2D eigenvalue weighted by Gasteiger charge is 2.27. The second kappa shape index (κ2) is 7.39. The Kier molecular flexibility index (Phi) is 6.16. The van der Waals surface area contributed by atoms with E-state index < -0.39 is 5.97 Å².